The van der Waals surface area contributed by atoms with Crippen LogP contribution in [0.1, 0.15) is 47.3 Å². The molecular weight excluding hydrogens is 496 g/mol. The van der Waals surface area contributed by atoms with Gasteiger partial charge in [-0.05, 0) is 74.6 Å². The zero-order valence-electron chi connectivity index (χ0n) is 20.3. The lowest BCUT2D eigenvalue weighted by molar-refractivity contribution is -0.126. The summed E-state index contributed by atoms with van der Waals surface area (Å²) in [6, 6.07) is 12.8. The number of aryl methyl sites for hydroxylation is 1. The first-order chi connectivity index (χ1) is 17.7. The Labute approximate surface area is 215 Å². The molecule has 1 aliphatic carbocycles. The smallest absolute Gasteiger partial charge is 0.298 e. The number of benzene rings is 1. The maximum atomic E-state index is 13.0. The molecular formula is C26H28N4O6S. The van der Waals surface area contributed by atoms with Crippen LogP contribution >= 0.6 is 0 Å². The Morgan fingerprint density at radius 2 is 1.78 bits per heavy atom. The Morgan fingerprint density at radius 3 is 2.49 bits per heavy atom. The molecule has 3 aromatic rings. The van der Waals surface area contributed by atoms with Gasteiger partial charge in [-0.3, -0.25) is 19.1 Å². The molecule has 3 N–H and O–H groups in total. The first-order valence-electron chi connectivity index (χ1n) is 11.9. The van der Waals surface area contributed by atoms with E-state index in [0.717, 1.165) is 5.69 Å². The number of rotatable bonds is 8. The Bertz CT molecular complexity index is 1370. The summed E-state index contributed by atoms with van der Waals surface area (Å²) in [7, 11) is -4.55. The molecule has 4 rings (SSSR count). The SMILES string of the molecule is Cc1ccc(Oc2ncccc2C(=O)NC2CCC(C(=O)NCc3ccccn3)CC2)c(S(=O)(=O)O)c1. The molecule has 1 aromatic carbocycles. The standard InChI is InChI=1S/C26H28N4O6S/c1-17-7-12-22(23(15-17)37(33,34)35)36-26-21(6-4-14-28-26)25(32)30-19-10-8-18(9-11-19)24(31)29-16-20-5-2-3-13-27-20/h2-7,12-15,18-19H,8-11,16H2,1H3,(H,29,31)(H,30,32)(H,33,34,35). The average molecular weight is 525 g/mol. The molecule has 0 unspecified atom stereocenters. The number of pyridine rings is 2. The Hall–Kier alpha value is -3.83. The number of carbonyl (C=O) groups is 2. The van der Waals surface area contributed by atoms with Crippen molar-refractivity contribution >= 4 is 21.9 Å². The maximum absolute atomic E-state index is 13.0. The first kappa shape index (κ1) is 26.2. The predicted molar refractivity (Wildman–Crippen MR) is 135 cm³/mol. The van der Waals surface area contributed by atoms with Gasteiger partial charge in [-0.25, -0.2) is 4.98 Å². The number of aromatic nitrogens is 2. The minimum Gasteiger partial charge on any atom is -0.437 e. The van der Waals surface area contributed by atoms with Crippen LogP contribution in [0.4, 0.5) is 0 Å². The highest BCUT2D eigenvalue weighted by Crippen LogP contribution is 2.31. The number of carbonyl (C=O) groups excluding carboxylic acids is 2. The van der Waals surface area contributed by atoms with Crippen molar-refractivity contribution in [1.82, 2.24) is 20.6 Å². The normalized spacial score (nSPS) is 17.6. The molecule has 0 spiro atoms. The lowest BCUT2D eigenvalue weighted by atomic mass is 9.85. The van der Waals surface area contributed by atoms with Gasteiger partial charge >= 0.3 is 0 Å². The Balaban J connectivity index is 1.36. The Morgan fingerprint density at radius 1 is 1.03 bits per heavy atom. The summed E-state index contributed by atoms with van der Waals surface area (Å²) in [5, 5.41) is 5.89. The molecule has 0 atom stereocenters. The van der Waals surface area contributed by atoms with Gasteiger partial charge in [0.25, 0.3) is 16.0 Å². The molecule has 1 aliphatic rings. The highest BCUT2D eigenvalue weighted by atomic mass is 32.2. The summed E-state index contributed by atoms with van der Waals surface area (Å²) in [5.74, 6) is -0.804. The average Bonchev–Trinajstić information content (AvgIpc) is 2.89. The Kier molecular flexibility index (Phi) is 8.14. The fourth-order valence-corrected chi connectivity index (χ4v) is 4.94. The number of nitrogens with one attached hydrogen (secondary N) is 2. The summed E-state index contributed by atoms with van der Waals surface area (Å²) in [6.07, 6.45) is 5.64. The molecule has 1 saturated carbocycles. The molecule has 0 saturated heterocycles. The number of nitrogens with zero attached hydrogens (tertiary/aromatic N) is 2. The fourth-order valence-electron chi connectivity index (χ4n) is 4.24. The summed E-state index contributed by atoms with van der Waals surface area (Å²) in [5.41, 5.74) is 1.53. The van der Waals surface area contributed by atoms with Crippen LogP contribution in [0.25, 0.3) is 0 Å². The van der Waals surface area contributed by atoms with Crippen molar-refractivity contribution in [3.8, 4) is 11.6 Å². The molecule has 2 heterocycles. The summed E-state index contributed by atoms with van der Waals surface area (Å²) in [6.45, 7) is 2.05. The van der Waals surface area contributed by atoms with E-state index >= 15 is 0 Å². The number of ether oxygens (including phenoxy) is 1. The van der Waals surface area contributed by atoms with Crippen molar-refractivity contribution < 1.29 is 27.3 Å². The molecule has 11 heteroatoms. The van der Waals surface area contributed by atoms with Crippen molar-refractivity contribution in [3.05, 3.63) is 77.7 Å². The first-order valence-corrected chi connectivity index (χ1v) is 13.3. The third kappa shape index (κ3) is 6.89. The highest BCUT2D eigenvalue weighted by Gasteiger charge is 2.28. The number of hydrogen-bond acceptors (Lipinski definition) is 7. The molecule has 0 bridgehead atoms. The second kappa shape index (κ2) is 11.5. The molecule has 1 fully saturated rings. The zero-order valence-corrected chi connectivity index (χ0v) is 21.1. The van der Waals surface area contributed by atoms with Gasteiger partial charge in [-0.2, -0.15) is 8.42 Å². The molecule has 0 aliphatic heterocycles. The van der Waals surface area contributed by atoms with E-state index in [1.807, 2.05) is 18.2 Å². The number of amides is 2. The van der Waals surface area contributed by atoms with Crippen LogP contribution in [0, 0.1) is 12.8 Å². The minimum atomic E-state index is -4.55. The molecule has 2 aromatic heterocycles. The van der Waals surface area contributed by atoms with E-state index in [2.05, 4.69) is 20.6 Å². The van der Waals surface area contributed by atoms with Crippen LogP contribution in [-0.2, 0) is 21.5 Å². The van der Waals surface area contributed by atoms with E-state index in [1.165, 1.54) is 24.4 Å². The van der Waals surface area contributed by atoms with Crippen LogP contribution in [0.3, 0.4) is 0 Å². The molecule has 2 amide bonds. The van der Waals surface area contributed by atoms with Crippen molar-refractivity contribution in [2.45, 2.75) is 50.1 Å². The second-order valence-corrected chi connectivity index (χ2v) is 10.3. The van der Waals surface area contributed by atoms with E-state index < -0.39 is 20.9 Å². The second-order valence-electron chi connectivity index (χ2n) is 8.94. The van der Waals surface area contributed by atoms with Crippen molar-refractivity contribution in [3.63, 3.8) is 0 Å². The topological polar surface area (TPSA) is 148 Å². The van der Waals surface area contributed by atoms with Gasteiger partial charge in [0.15, 0.2) is 5.75 Å². The molecule has 0 radical (unpaired) electrons. The number of hydrogen-bond donors (Lipinski definition) is 3. The summed E-state index contributed by atoms with van der Waals surface area (Å²) < 4.78 is 38.9. The van der Waals surface area contributed by atoms with Gasteiger partial charge in [0.05, 0.1) is 12.2 Å². The van der Waals surface area contributed by atoms with Gasteiger partial charge in [0, 0.05) is 24.4 Å². The van der Waals surface area contributed by atoms with Gasteiger partial charge in [0.1, 0.15) is 10.5 Å². The maximum Gasteiger partial charge on any atom is 0.298 e. The van der Waals surface area contributed by atoms with E-state index in [9.17, 15) is 22.6 Å². The molecule has 37 heavy (non-hydrogen) atoms. The van der Waals surface area contributed by atoms with Crippen molar-refractivity contribution in [2.75, 3.05) is 0 Å². The van der Waals surface area contributed by atoms with Gasteiger partial charge in [-0.15, -0.1) is 0 Å². The van der Waals surface area contributed by atoms with Gasteiger partial charge in [-0.1, -0.05) is 12.1 Å². The monoisotopic (exact) mass is 524 g/mol. The minimum absolute atomic E-state index is 0.0221. The molecule has 194 valence electrons. The van der Waals surface area contributed by atoms with Gasteiger partial charge < -0.3 is 15.4 Å². The van der Waals surface area contributed by atoms with Crippen LogP contribution in [-0.4, -0.2) is 40.8 Å². The highest BCUT2D eigenvalue weighted by molar-refractivity contribution is 7.86. The van der Waals surface area contributed by atoms with Crippen LogP contribution < -0.4 is 15.4 Å². The van der Waals surface area contributed by atoms with E-state index in [-0.39, 0.29) is 35.1 Å². The third-order valence-electron chi connectivity index (χ3n) is 6.20. The molecule has 10 nitrogen and oxygen atoms in total. The van der Waals surface area contributed by atoms with Gasteiger partial charge in [0.2, 0.25) is 11.8 Å². The zero-order chi connectivity index (χ0) is 26.4. The lowest BCUT2D eigenvalue weighted by Gasteiger charge is -2.28. The predicted octanol–water partition coefficient (Wildman–Crippen LogP) is 3.43. The summed E-state index contributed by atoms with van der Waals surface area (Å²) >= 11 is 0. The van der Waals surface area contributed by atoms with Crippen LogP contribution in [0.15, 0.2) is 65.8 Å². The third-order valence-corrected chi connectivity index (χ3v) is 7.08. The van der Waals surface area contributed by atoms with Crippen LogP contribution in [0.5, 0.6) is 11.6 Å². The van der Waals surface area contributed by atoms with E-state index in [1.54, 1.807) is 25.3 Å². The lowest BCUT2D eigenvalue weighted by Crippen LogP contribution is -2.41. The quantitative estimate of drug-likeness (QED) is 0.380. The van der Waals surface area contributed by atoms with E-state index in [4.69, 9.17) is 4.74 Å². The van der Waals surface area contributed by atoms with Crippen LogP contribution in [0.2, 0.25) is 0 Å². The van der Waals surface area contributed by atoms with E-state index in [0.29, 0.717) is 37.8 Å². The fraction of sp³-hybridized carbons (Fsp3) is 0.308. The summed E-state index contributed by atoms with van der Waals surface area (Å²) in [4.78, 5) is 33.5. The largest absolute Gasteiger partial charge is 0.437 e. The van der Waals surface area contributed by atoms with Crippen molar-refractivity contribution in [1.29, 1.82) is 0 Å². The van der Waals surface area contributed by atoms with Crippen molar-refractivity contribution in [2.24, 2.45) is 5.92 Å².